The lowest BCUT2D eigenvalue weighted by molar-refractivity contribution is -0.138. The molecule has 1 heterocycles. The van der Waals surface area contributed by atoms with E-state index in [1.807, 2.05) is 31.2 Å². The van der Waals surface area contributed by atoms with Crippen molar-refractivity contribution in [2.45, 2.75) is 40.0 Å². The number of aliphatic imine (C=N–C) groups is 1. The average Bonchev–Trinajstić information content (AvgIpc) is 2.91. The third-order valence-corrected chi connectivity index (χ3v) is 4.77. The van der Waals surface area contributed by atoms with Gasteiger partial charge >= 0.3 is 5.97 Å². The van der Waals surface area contributed by atoms with Crippen LogP contribution < -0.4 is 0 Å². The van der Waals surface area contributed by atoms with Crippen LogP contribution in [0, 0.1) is 0 Å². The van der Waals surface area contributed by atoms with Crippen LogP contribution in [0.2, 0.25) is 0 Å². The first-order valence-corrected chi connectivity index (χ1v) is 9.52. The highest BCUT2D eigenvalue weighted by Gasteiger charge is 2.33. The second-order valence-electron chi connectivity index (χ2n) is 5.71. The van der Waals surface area contributed by atoms with E-state index in [4.69, 9.17) is 4.74 Å². The summed E-state index contributed by atoms with van der Waals surface area (Å²) in [4.78, 5) is 28.6. The highest BCUT2D eigenvalue weighted by molar-refractivity contribution is 8.18. The Balaban J connectivity index is 2.40. The van der Waals surface area contributed by atoms with Gasteiger partial charge in [0, 0.05) is 6.42 Å². The van der Waals surface area contributed by atoms with E-state index >= 15 is 0 Å². The van der Waals surface area contributed by atoms with Crippen molar-refractivity contribution in [1.29, 1.82) is 0 Å². The molecule has 1 N–H and O–H groups in total. The maximum Gasteiger partial charge on any atom is 0.344 e. The quantitative estimate of drug-likeness (QED) is 0.746. The van der Waals surface area contributed by atoms with Crippen molar-refractivity contribution in [2.75, 3.05) is 6.61 Å². The molecule has 1 aromatic rings. The topological polar surface area (TPSA) is 76.0 Å². The number of benzene rings is 1. The maximum absolute atomic E-state index is 12.2. The predicted molar refractivity (Wildman–Crippen MR) is 105 cm³/mol. The molecule has 0 aliphatic carbocycles. The Kier molecular flexibility index (Phi) is 7.21. The van der Waals surface area contributed by atoms with Crippen molar-refractivity contribution in [3.05, 3.63) is 51.6 Å². The molecule has 0 atom stereocenters. The van der Waals surface area contributed by atoms with E-state index in [1.165, 1.54) is 5.56 Å². The smallest absolute Gasteiger partial charge is 0.344 e. The third kappa shape index (κ3) is 4.85. The second kappa shape index (κ2) is 9.38. The molecule has 0 radical (unpaired) electrons. The summed E-state index contributed by atoms with van der Waals surface area (Å²) >= 11 is 1.11. The van der Waals surface area contributed by atoms with E-state index in [2.05, 4.69) is 11.9 Å². The second-order valence-corrected chi connectivity index (χ2v) is 6.74. The molecule has 6 heteroatoms. The number of hydrogen-bond donors (Lipinski definition) is 1. The van der Waals surface area contributed by atoms with Crippen LogP contribution in [0.4, 0.5) is 0 Å². The summed E-state index contributed by atoms with van der Waals surface area (Å²) in [6, 6.07) is 7.92. The summed E-state index contributed by atoms with van der Waals surface area (Å²) in [6.45, 7) is 5.82. The van der Waals surface area contributed by atoms with E-state index in [0.717, 1.165) is 23.7 Å². The van der Waals surface area contributed by atoms with Crippen LogP contribution in [-0.4, -0.2) is 28.6 Å². The van der Waals surface area contributed by atoms with Crippen LogP contribution in [0.3, 0.4) is 0 Å². The first-order valence-electron chi connectivity index (χ1n) is 8.71. The number of amides is 1. The largest absolute Gasteiger partial charge is 0.506 e. The van der Waals surface area contributed by atoms with Gasteiger partial charge < -0.3 is 9.84 Å². The molecule has 1 aliphatic heterocycles. The van der Waals surface area contributed by atoms with E-state index in [9.17, 15) is 14.7 Å². The van der Waals surface area contributed by atoms with Gasteiger partial charge in [0.25, 0.3) is 0 Å². The van der Waals surface area contributed by atoms with Gasteiger partial charge in [-0.15, -0.1) is 0 Å². The van der Waals surface area contributed by atoms with Crippen molar-refractivity contribution >= 4 is 34.8 Å². The van der Waals surface area contributed by atoms with Gasteiger partial charge in [0.1, 0.15) is 16.4 Å². The van der Waals surface area contributed by atoms with Gasteiger partial charge in [0.05, 0.1) is 11.5 Å². The minimum absolute atomic E-state index is 0.0438. The van der Waals surface area contributed by atoms with Crippen molar-refractivity contribution in [1.82, 2.24) is 0 Å². The molecule has 1 aliphatic rings. The van der Waals surface area contributed by atoms with E-state index in [1.54, 1.807) is 13.0 Å². The van der Waals surface area contributed by atoms with Crippen LogP contribution in [0.25, 0.3) is 6.08 Å². The Morgan fingerprint density at radius 2 is 1.88 bits per heavy atom. The molecule has 1 amide bonds. The fraction of sp³-hybridized carbons (Fsp3) is 0.350. The summed E-state index contributed by atoms with van der Waals surface area (Å²) < 4.78 is 5.01. The molecule has 0 unspecified atom stereocenters. The fourth-order valence-corrected chi connectivity index (χ4v) is 3.41. The lowest BCUT2D eigenvalue weighted by Crippen LogP contribution is -2.14. The summed E-state index contributed by atoms with van der Waals surface area (Å²) in [6.07, 6.45) is 3.67. The zero-order valence-electron chi connectivity index (χ0n) is 15.2. The molecule has 0 saturated carbocycles. The summed E-state index contributed by atoms with van der Waals surface area (Å²) in [7, 11) is 0. The van der Waals surface area contributed by atoms with Gasteiger partial charge in [-0.25, -0.2) is 9.79 Å². The maximum atomic E-state index is 12.2. The predicted octanol–water partition coefficient (Wildman–Crippen LogP) is 4.44. The Hall–Kier alpha value is -2.34. The van der Waals surface area contributed by atoms with Gasteiger partial charge in [-0.05, 0) is 37.0 Å². The Labute approximate surface area is 157 Å². The van der Waals surface area contributed by atoms with Crippen molar-refractivity contribution in [3.63, 3.8) is 0 Å². The lowest BCUT2D eigenvalue weighted by atomic mass is 10.1. The normalized spacial score (nSPS) is 17.2. The molecule has 0 saturated heterocycles. The van der Waals surface area contributed by atoms with Crippen LogP contribution in [0.1, 0.15) is 44.7 Å². The number of rotatable bonds is 6. The van der Waals surface area contributed by atoms with Crippen LogP contribution >= 0.6 is 11.8 Å². The Morgan fingerprint density at radius 1 is 1.19 bits per heavy atom. The van der Waals surface area contributed by atoms with Crippen LogP contribution in [0.15, 0.2) is 45.5 Å². The number of carbonyl (C=O) groups is 2. The molecular formula is C20H23NO4S. The summed E-state index contributed by atoms with van der Waals surface area (Å²) in [5.74, 6) is -1.19. The van der Waals surface area contributed by atoms with Gasteiger partial charge in [-0.2, -0.15) is 0 Å². The number of thioether (sulfide) groups is 1. The standard InChI is InChI=1S/C20H23NO4S/c1-4-7-16(22)21-19-17(20(24)25-6-3)18(23)15(26-19)12-14-10-8-13(5-2)9-11-14/h8-12,23H,4-7H2,1-3H3/b15-12-,21-19?. The average molecular weight is 373 g/mol. The van der Waals surface area contributed by atoms with Gasteiger partial charge in [-0.3, -0.25) is 4.79 Å². The Morgan fingerprint density at radius 3 is 2.46 bits per heavy atom. The first-order chi connectivity index (χ1) is 12.5. The van der Waals surface area contributed by atoms with Crippen molar-refractivity contribution in [3.8, 4) is 0 Å². The molecule has 1 aromatic carbocycles. The molecule has 0 spiro atoms. The highest BCUT2D eigenvalue weighted by Crippen LogP contribution is 2.39. The summed E-state index contributed by atoms with van der Waals surface area (Å²) in [5, 5.41) is 10.7. The van der Waals surface area contributed by atoms with Crippen LogP contribution in [0.5, 0.6) is 0 Å². The molecular weight excluding hydrogens is 350 g/mol. The van der Waals surface area contributed by atoms with Crippen molar-refractivity contribution in [2.24, 2.45) is 4.99 Å². The number of ether oxygens (including phenoxy) is 1. The molecule has 0 aromatic heterocycles. The molecule has 0 bridgehead atoms. The molecule has 2 rings (SSSR count). The van der Waals surface area contributed by atoms with E-state index in [0.29, 0.717) is 17.7 Å². The number of esters is 1. The van der Waals surface area contributed by atoms with E-state index in [-0.39, 0.29) is 28.9 Å². The minimum atomic E-state index is -0.676. The van der Waals surface area contributed by atoms with Gasteiger partial charge in [0.2, 0.25) is 5.91 Å². The first kappa shape index (κ1) is 20.0. The monoisotopic (exact) mass is 373 g/mol. The molecule has 26 heavy (non-hydrogen) atoms. The number of aryl methyl sites for hydroxylation is 1. The van der Waals surface area contributed by atoms with Gasteiger partial charge in [-0.1, -0.05) is 49.9 Å². The molecule has 5 nitrogen and oxygen atoms in total. The minimum Gasteiger partial charge on any atom is -0.506 e. The zero-order chi connectivity index (χ0) is 19.1. The van der Waals surface area contributed by atoms with E-state index < -0.39 is 5.97 Å². The lowest BCUT2D eigenvalue weighted by Gasteiger charge is -2.03. The van der Waals surface area contributed by atoms with Crippen LogP contribution in [-0.2, 0) is 20.7 Å². The number of nitrogens with zero attached hydrogens (tertiary/aromatic N) is 1. The van der Waals surface area contributed by atoms with Gasteiger partial charge in [0.15, 0.2) is 0 Å². The number of aliphatic hydroxyl groups excluding tert-OH is 1. The Bertz CT molecular complexity index is 776. The SMILES string of the molecule is CCCC(=O)N=C1S/C(=C\c2ccc(CC)cc2)C(O)=C1C(=O)OCC. The molecule has 0 fully saturated rings. The summed E-state index contributed by atoms with van der Waals surface area (Å²) in [5.41, 5.74) is 2.06. The fourth-order valence-electron chi connectivity index (χ4n) is 2.38. The zero-order valence-corrected chi connectivity index (χ0v) is 16.1. The highest BCUT2D eigenvalue weighted by atomic mass is 32.2. The third-order valence-electron chi connectivity index (χ3n) is 3.75. The number of carbonyl (C=O) groups excluding carboxylic acids is 2. The number of aliphatic hydroxyl groups is 1. The molecule has 138 valence electrons. The van der Waals surface area contributed by atoms with Crippen molar-refractivity contribution < 1.29 is 19.4 Å². The number of hydrogen-bond acceptors (Lipinski definition) is 5.